The smallest absolute Gasteiger partial charge is 0.319 e. The zero-order valence-electron chi connectivity index (χ0n) is 14.0. The average Bonchev–Trinajstić information content (AvgIpc) is 2.95. The minimum Gasteiger partial charge on any atom is -0.396 e. The highest BCUT2D eigenvalue weighted by atomic mass is 16.3. The van der Waals surface area contributed by atoms with E-state index in [4.69, 9.17) is 5.11 Å². The Labute approximate surface area is 137 Å². The second kappa shape index (κ2) is 8.58. The van der Waals surface area contributed by atoms with Gasteiger partial charge in [-0.1, -0.05) is 19.4 Å². The van der Waals surface area contributed by atoms with E-state index in [1.54, 1.807) is 0 Å². The van der Waals surface area contributed by atoms with Crippen molar-refractivity contribution in [2.75, 3.05) is 18.5 Å². The van der Waals surface area contributed by atoms with Crippen LogP contribution in [0.5, 0.6) is 0 Å². The number of urea groups is 1. The van der Waals surface area contributed by atoms with Crippen LogP contribution in [0.25, 0.3) is 10.9 Å². The molecule has 1 atom stereocenters. The summed E-state index contributed by atoms with van der Waals surface area (Å²) in [4.78, 5) is 12.1. The summed E-state index contributed by atoms with van der Waals surface area (Å²) >= 11 is 0. The van der Waals surface area contributed by atoms with Gasteiger partial charge in [-0.2, -0.15) is 0 Å². The molecule has 1 aromatic carbocycles. The van der Waals surface area contributed by atoms with Gasteiger partial charge in [-0.3, -0.25) is 0 Å². The highest BCUT2D eigenvalue weighted by molar-refractivity contribution is 5.92. The first-order valence-corrected chi connectivity index (χ1v) is 8.42. The molecule has 1 heterocycles. The number of amides is 2. The Balaban J connectivity index is 1.94. The van der Waals surface area contributed by atoms with Crippen LogP contribution < -0.4 is 10.6 Å². The van der Waals surface area contributed by atoms with Crippen molar-refractivity contribution < 1.29 is 9.90 Å². The number of rotatable bonds is 8. The molecule has 0 aliphatic heterocycles. The molecule has 2 rings (SSSR count). The van der Waals surface area contributed by atoms with Crippen molar-refractivity contribution >= 4 is 22.6 Å². The second-order valence-corrected chi connectivity index (χ2v) is 5.88. The number of hydrogen-bond acceptors (Lipinski definition) is 2. The number of carbonyl (C=O) groups is 1. The molecule has 0 spiro atoms. The molecule has 1 aromatic heterocycles. The summed E-state index contributed by atoms with van der Waals surface area (Å²) in [6.07, 6.45) is 4.85. The van der Waals surface area contributed by atoms with Crippen LogP contribution in [0.2, 0.25) is 0 Å². The molecule has 0 fully saturated rings. The van der Waals surface area contributed by atoms with E-state index in [9.17, 15) is 4.79 Å². The van der Waals surface area contributed by atoms with Crippen molar-refractivity contribution in [2.45, 2.75) is 39.7 Å². The van der Waals surface area contributed by atoms with Crippen molar-refractivity contribution in [1.29, 1.82) is 0 Å². The lowest BCUT2D eigenvalue weighted by molar-refractivity contribution is 0.237. The van der Waals surface area contributed by atoms with E-state index in [1.807, 2.05) is 18.2 Å². The maximum Gasteiger partial charge on any atom is 0.319 e. The molecule has 3 N–H and O–H groups in total. The Kier molecular flexibility index (Phi) is 6.47. The first kappa shape index (κ1) is 17.3. The third-order valence-corrected chi connectivity index (χ3v) is 4.16. The number of fused-ring (bicyclic) bond motifs is 1. The Morgan fingerprint density at radius 3 is 2.78 bits per heavy atom. The zero-order valence-corrected chi connectivity index (χ0v) is 14.0. The van der Waals surface area contributed by atoms with Crippen molar-refractivity contribution in [3.05, 3.63) is 30.5 Å². The maximum absolute atomic E-state index is 12.1. The zero-order chi connectivity index (χ0) is 16.7. The van der Waals surface area contributed by atoms with Crippen LogP contribution in [0.3, 0.4) is 0 Å². The number of aliphatic hydroxyl groups excluding tert-OH is 1. The van der Waals surface area contributed by atoms with Crippen LogP contribution >= 0.6 is 0 Å². The summed E-state index contributed by atoms with van der Waals surface area (Å²) in [5.74, 6) is 0.329. The Hall–Kier alpha value is -2.01. The van der Waals surface area contributed by atoms with Gasteiger partial charge in [0.1, 0.15) is 0 Å². The maximum atomic E-state index is 12.1. The van der Waals surface area contributed by atoms with E-state index in [-0.39, 0.29) is 12.6 Å². The van der Waals surface area contributed by atoms with Gasteiger partial charge in [0.05, 0.1) is 5.52 Å². The van der Waals surface area contributed by atoms with Crippen LogP contribution in [-0.2, 0) is 6.54 Å². The third-order valence-electron chi connectivity index (χ3n) is 4.16. The molecule has 0 radical (unpaired) electrons. The monoisotopic (exact) mass is 317 g/mol. The fourth-order valence-electron chi connectivity index (χ4n) is 2.89. The molecule has 23 heavy (non-hydrogen) atoms. The van der Waals surface area contributed by atoms with Gasteiger partial charge in [0.15, 0.2) is 0 Å². The molecule has 0 bridgehead atoms. The molecule has 0 aliphatic rings. The Bertz CT molecular complexity index is 630. The van der Waals surface area contributed by atoms with E-state index in [2.05, 4.69) is 41.3 Å². The molecular weight excluding hydrogens is 290 g/mol. The Morgan fingerprint density at radius 1 is 1.26 bits per heavy atom. The summed E-state index contributed by atoms with van der Waals surface area (Å²) in [5.41, 5.74) is 1.91. The molecule has 0 aliphatic carbocycles. The predicted octanol–water partition coefficient (Wildman–Crippen LogP) is 3.58. The van der Waals surface area contributed by atoms with Gasteiger partial charge >= 0.3 is 6.03 Å². The van der Waals surface area contributed by atoms with Crippen molar-refractivity contribution in [3.63, 3.8) is 0 Å². The van der Waals surface area contributed by atoms with Crippen molar-refractivity contribution in [1.82, 2.24) is 9.88 Å². The van der Waals surface area contributed by atoms with Gasteiger partial charge in [-0.15, -0.1) is 0 Å². The summed E-state index contributed by atoms with van der Waals surface area (Å²) in [5, 5.41) is 16.0. The lowest BCUT2D eigenvalue weighted by Crippen LogP contribution is -2.33. The van der Waals surface area contributed by atoms with Crippen LogP contribution in [0, 0.1) is 5.92 Å². The van der Waals surface area contributed by atoms with Crippen LogP contribution in [-0.4, -0.2) is 28.9 Å². The number of nitrogens with one attached hydrogen (secondary N) is 2. The minimum atomic E-state index is -0.196. The topological polar surface area (TPSA) is 66.3 Å². The average molecular weight is 317 g/mol. The standard InChI is InChI=1S/C18H27N3O2/c1-3-5-14(9-11-22)13-19-18(23)20-16-7-6-15-8-10-21(4-2)17(15)12-16/h6-8,10,12,14,22H,3-5,9,11,13H2,1-2H3,(H2,19,20,23). The summed E-state index contributed by atoms with van der Waals surface area (Å²) < 4.78 is 2.15. The second-order valence-electron chi connectivity index (χ2n) is 5.88. The summed E-state index contributed by atoms with van der Waals surface area (Å²) in [7, 11) is 0. The van der Waals surface area contributed by atoms with Gasteiger partial charge in [0.2, 0.25) is 0 Å². The van der Waals surface area contributed by atoms with Crippen molar-refractivity contribution in [2.24, 2.45) is 5.92 Å². The number of anilines is 1. The first-order valence-electron chi connectivity index (χ1n) is 8.42. The van der Waals surface area contributed by atoms with E-state index in [0.717, 1.165) is 37.0 Å². The molecular formula is C18H27N3O2. The van der Waals surface area contributed by atoms with Gasteiger partial charge in [0.25, 0.3) is 0 Å². The lowest BCUT2D eigenvalue weighted by atomic mass is 10.0. The molecule has 0 saturated carbocycles. The van der Waals surface area contributed by atoms with Gasteiger partial charge in [-0.05, 0) is 49.3 Å². The van der Waals surface area contributed by atoms with Gasteiger partial charge in [0, 0.05) is 31.6 Å². The molecule has 0 saturated heterocycles. The summed E-state index contributed by atoms with van der Waals surface area (Å²) in [6.45, 7) is 5.87. The number of aliphatic hydroxyl groups is 1. The van der Waals surface area contributed by atoms with Gasteiger partial charge in [-0.25, -0.2) is 4.79 Å². The predicted molar refractivity (Wildman–Crippen MR) is 94.7 cm³/mol. The first-order chi connectivity index (χ1) is 11.2. The highest BCUT2D eigenvalue weighted by Crippen LogP contribution is 2.20. The number of aryl methyl sites for hydroxylation is 1. The molecule has 126 valence electrons. The number of benzene rings is 1. The number of carbonyl (C=O) groups excluding carboxylic acids is 1. The number of aromatic nitrogens is 1. The molecule has 2 amide bonds. The van der Waals surface area contributed by atoms with E-state index >= 15 is 0 Å². The largest absolute Gasteiger partial charge is 0.396 e. The summed E-state index contributed by atoms with van der Waals surface area (Å²) in [6, 6.07) is 7.81. The highest BCUT2D eigenvalue weighted by Gasteiger charge is 2.10. The molecule has 2 aromatic rings. The normalized spacial score (nSPS) is 12.3. The van der Waals surface area contributed by atoms with Crippen LogP contribution in [0.1, 0.15) is 33.1 Å². The lowest BCUT2D eigenvalue weighted by Gasteiger charge is -2.16. The van der Waals surface area contributed by atoms with E-state index < -0.39 is 0 Å². The minimum absolute atomic E-state index is 0.165. The Morgan fingerprint density at radius 2 is 2.09 bits per heavy atom. The van der Waals surface area contributed by atoms with Gasteiger partial charge < -0.3 is 20.3 Å². The fraction of sp³-hybridized carbons (Fsp3) is 0.500. The molecule has 5 nitrogen and oxygen atoms in total. The SMILES string of the molecule is CCCC(CCO)CNC(=O)Nc1ccc2ccn(CC)c2c1. The fourth-order valence-corrected chi connectivity index (χ4v) is 2.89. The van der Waals surface area contributed by atoms with Crippen LogP contribution in [0.4, 0.5) is 10.5 Å². The van der Waals surface area contributed by atoms with Crippen molar-refractivity contribution in [3.8, 4) is 0 Å². The van der Waals surface area contributed by atoms with Crippen LogP contribution in [0.15, 0.2) is 30.5 Å². The third kappa shape index (κ3) is 4.73. The molecule has 5 heteroatoms. The number of nitrogens with zero attached hydrogens (tertiary/aromatic N) is 1. The van der Waals surface area contributed by atoms with E-state index in [0.29, 0.717) is 12.5 Å². The quantitative estimate of drug-likeness (QED) is 0.696. The van der Waals surface area contributed by atoms with E-state index in [1.165, 1.54) is 5.39 Å². The molecule has 1 unspecified atom stereocenters. The number of hydrogen-bond donors (Lipinski definition) is 3.